The third kappa shape index (κ3) is 3.14. The van der Waals surface area contributed by atoms with Gasteiger partial charge in [0.15, 0.2) is 22.1 Å². The van der Waals surface area contributed by atoms with Gasteiger partial charge in [0.05, 0.1) is 32.3 Å². The highest BCUT2D eigenvalue weighted by Crippen LogP contribution is 2.27. The Hall–Kier alpha value is -2.86. The van der Waals surface area contributed by atoms with E-state index >= 15 is 0 Å². The van der Waals surface area contributed by atoms with Crippen molar-refractivity contribution >= 4 is 22.1 Å². The highest BCUT2D eigenvalue weighted by atomic mass is 16.5. The number of aromatic nitrogens is 4. The molecule has 1 aliphatic rings. The maximum absolute atomic E-state index is 5.53. The Morgan fingerprint density at radius 2 is 1.75 bits per heavy atom. The summed E-state index contributed by atoms with van der Waals surface area (Å²) in [4.78, 5) is 15.3. The van der Waals surface area contributed by atoms with Crippen LogP contribution in [-0.2, 0) is 0 Å². The van der Waals surface area contributed by atoms with Gasteiger partial charge in [-0.1, -0.05) is 6.07 Å². The Bertz CT molecular complexity index is 1120. The molecule has 0 bridgehead atoms. The molecule has 0 spiro atoms. The third-order valence-electron chi connectivity index (χ3n) is 5.97. The molecular formula is C22H28N5O+3. The highest BCUT2D eigenvalue weighted by Gasteiger charge is 2.23. The summed E-state index contributed by atoms with van der Waals surface area (Å²) in [5, 5.41) is 0. The molecule has 0 saturated carbocycles. The van der Waals surface area contributed by atoms with E-state index in [0.29, 0.717) is 18.5 Å². The fraction of sp³-hybridized carbons (Fsp3) is 0.364. The normalized spacial score (nSPS) is 20.1. The number of nitrogens with one attached hydrogen (secondary N) is 5. The number of benzene rings is 2. The first-order valence-electron chi connectivity index (χ1n) is 10.2. The number of rotatable bonds is 4. The van der Waals surface area contributed by atoms with Gasteiger partial charge in [-0.2, -0.15) is 0 Å². The zero-order valence-electron chi connectivity index (χ0n) is 16.5. The number of aromatic amines is 4. The maximum atomic E-state index is 5.53. The molecule has 144 valence electrons. The average Bonchev–Trinajstić information content (AvgIpc) is 3.31. The third-order valence-corrected chi connectivity index (χ3v) is 5.97. The van der Waals surface area contributed by atoms with Crippen molar-refractivity contribution in [3.63, 3.8) is 0 Å². The zero-order chi connectivity index (χ0) is 19.1. The van der Waals surface area contributed by atoms with Crippen molar-refractivity contribution in [1.82, 2.24) is 9.97 Å². The highest BCUT2D eigenvalue weighted by molar-refractivity contribution is 5.80. The van der Waals surface area contributed by atoms with Gasteiger partial charge in [0, 0.05) is 18.9 Å². The molecule has 0 atom stereocenters. The standard InChI is InChI=1S/C22H25N5O/c1-3-28-22-25-18-7-5-16(13-20(18)26-22)21-23-17-6-4-15(12-19(17)24-21)14-8-10-27(2)11-9-14/h4-7,12-14H,3,8-11H2,1-2H3,(H,23,24)(H,25,26)/p+3. The summed E-state index contributed by atoms with van der Waals surface area (Å²) in [6, 6.07) is 13.9. The molecule has 1 saturated heterocycles. The second-order valence-electron chi connectivity index (χ2n) is 7.93. The molecule has 4 aromatic rings. The molecule has 1 fully saturated rings. The van der Waals surface area contributed by atoms with Crippen LogP contribution in [0, 0.1) is 0 Å². The minimum atomic E-state index is 0.632. The lowest BCUT2D eigenvalue weighted by atomic mass is 9.89. The summed E-state index contributed by atoms with van der Waals surface area (Å²) in [6.07, 6.45) is 2.55. The fourth-order valence-corrected chi connectivity index (χ4v) is 4.32. The molecule has 5 rings (SSSR count). The Balaban J connectivity index is 1.46. The van der Waals surface area contributed by atoms with Crippen LogP contribution in [0.1, 0.15) is 31.2 Å². The number of likely N-dealkylation sites (tertiary alicyclic amines) is 1. The minimum Gasteiger partial charge on any atom is -0.431 e. The number of imidazole rings is 2. The summed E-state index contributed by atoms with van der Waals surface area (Å²) >= 11 is 0. The number of ether oxygens (including phenoxy) is 1. The molecule has 3 heterocycles. The van der Waals surface area contributed by atoms with Crippen LogP contribution in [0.15, 0.2) is 36.4 Å². The van der Waals surface area contributed by atoms with E-state index in [1.54, 1.807) is 4.90 Å². The molecule has 0 unspecified atom stereocenters. The first kappa shape index (κ1) is 17.3. The summed E-state index contributed by atoms with van der Waals surface area (Å²) in [5.74, 6) is 1.71. The first-order chi connectivity index (χ1) is 13.7. The Labute approximate surface area is 163 Å². The van der Waals surface area contributed by atoms with E-state index in [1.165, 1.54) is 37.0 Å². The Kier molecular flexibility index (Phi) is 4.28. The molecule has 5 N–H and O–H groups in total. The summed E-state index contributed by atoms with van der Waals surface area (Å²) in [6.45, 7) is 5.14. The predicted octanol–water partition coefficient (Wildman–Crippen LogP) is 1.74. The van der Waals surface area contributed by atoms with Crippen LogP contribution >= 0.6 is 0 Å². The number of hydrogen-bond donors (Lipinski definition) is 3. The van der Waals surface area contributed by atoms with Gasteiger partial charge in [-0.05, 0) is 42.7 Å². The fourth-order valence-electron chi connectivity index (χ4n) is 4.32. The molecule has 2 aromatic heterocycles. The van der Waals surface area contributed by atoms with Crippen molar-refractivity contribution in [1.29, 1.82) is 0 Å². The van der Waals surface area contributed by atoms with Crippen molar-refractivity contribution in [3.05, 3.63) is 42.0 Å². The van der Waals surface area contributed by atoms with Gasteiger partial charge in [-0.3, -0.25) is 0 Å². The molecule has 6 nitrogen and oxygen atoms in total. The van der Waals surface area contributed by atoms with Gasteiger partial charge >= 0.3 is 6.01 Å². The Morgan fingerprint density at radius 1 is 1.00 bits per heavy atom. The smallest absolute Gasteiger partial charge is 0.431 e. The molecule has 1 aliphatic heterocycles. The van der Waals surface area contributed by atoms with Gasteiger partial charge in [-0.25, -0.2) is 19.9 Å². The lowest BCUT2D eigenvalue weighted by Crippen LogP contribution is -3.10. The monoisotopic (exact) mass is 378 g/mol. The lowest BCUT2D eigenvalue weighted by Gasteiger charge is -2.26. The topological polar surface area (TPSA) is 73.5 Å². The average molecular weight is 379 g/mol. The van der Waals surface area contributed by atoms with E-state index in [4.69, 9.17) is 4.74 Å². The number of H-pyrrole nitrogens is 4. The van der Waals surface area contributed by atoms with Crippen molar-refractivity contribution < 1.29 is 19.6 Å². The number of hydrogen-bond acceptors (Lipinski definition) is 1. The van der Waals surface area contributed by atoms with Gasteiger partial charge in [0.1, 0.15) is 0 Å². The predicted molar refractivity (Wildman–Crippen MR) is 108 cm³/mol. The van der Waals surface area contributed by atoms with E-state index in [1.807, 2.05) is 6.92 Å². The van der Waals surface area contributed by atoms with Crippen LogP contribution in [0.3, 0.4) is 0 Å². The molecule has 0 amide bonds. The summed E-state index contributed by atoms with van der Waals surface area (Å²) in [5.41, 5.74) is 6.96. The number of fused-ring (bicyclic) bond motifs is 2. The van der Waals surface area contributed by atoms with Crippen LogP contribution in [-0.4, -0.2) is 36.7 Å². The summed E-state index contributed by atoms with van der Waals surface area (Å²) in [7, 11) is 2.29. The van der Waals surface area contributed by atoms with E-state index in [2.05, 4.69) is 63.4 Å². The van der Waals surface area contributed by atoms with Crippen molar-refractivity contribution in [2.45, 2.75) is 25.7 Å². The second kappa shape index (κ2) is 6.95. The lowest BCUT2D eigenvalue weighted by molar-refractivity contribution is -0.885. The molecule has 2 aromatic carbocycles. The minimum absolute atomic E-state index is 0.632. The second-order valence-corrected chi connectivity index (χ2v) is 7.93. The van der Waals surface area contributed by atoms with Crippen molar-refractivity contribution in [2.24, 2.45) is 0 Å². The van der Waals surface area contributed by atoms with E-state index in [9.17, 15) is 0 Å². The molecule has 6 heteroatoms. The van der Waals surface area contributed by atoms with Gasteiger partial charge < -0.3 is 9.64 Å². The van der Waals surface area contributed by atoms with Crippen LogP contribution in [0.2, 0.25) is 0 Å². The quantitative estimate of drug-likeness (QED) is 0.497. The van der Waals surface area contributed by atoms with E-state index in [-0.39, 0.29) is 0 Å². The van der Waals surface area contributed by atoms with Gasteiger partial charge in [0.2, 0.25) is 0 Å². The molecule has 0 aliphatic carbocycles. The van der Waals surface area contributed by atoms with Crippen LogP contribution in [0.25, 0.3) is 33.5 Å². The van der Waals surface area contributed by atoms with E-state index < -0.39 is 0 Å². The van der Waals surface area contributed by atoms with Crippen molar-refractivity contribution in [3.8, 4) is 17.4 Å². The molecule has 28 heavy (non-hydrogen) atoms. The maximum Gasteiger partial charge on any atom is 0.452 e. The van der Waals surface area contributed by atoms with Gasteiger partial charge in [-0.15, -0.1) is 0 Å². The van der Waals surface area contributed by atoms with Crippen LogP contribution < -0.4 is 19.6 Å². The van der Waals surface area contributed by atoms with Crippen molar-refractivity contribution in [2.75, 3.05) is 26.7 Å². The number of quaternary nitrogens is 1. The number of piperidine rings is 1. The SMILES string of the molecule is CCOc1[nH]c2cc(-c3[nH]c4cc(C5CC[NH+](C)CC5)ccc4[nH+]3)ccc2[nH+]1. The molecular weight excluding hydrogens is 350 g/mol. The van der Waals surface area contributed by atoms with Crippen LogP contribution in [0.4, 0.5) is 0 Å². The van der Waals surface area contributed by atoms with Crippen LogP contribution in [0.5, 0.6) is 6.01 Å². The molecule has 0 radical (unpaired) electrons. The Morgan fingerprint density at radius 3 is 2.57 bits per heavy atom. The van der Waals surface area contributed by atoms with E-state index in [0.717, 1.165) is 27.9 Å². The summed E-state index contributed by atoms with van der Waals surface area (Å²) < 4.78 is 5.53. The zero-order valence-corrected chi connectivity index (χ0v) is 16.5. The first-order valence-corrected chi connectivity index (χ1v) is 10.2. The van der Waals surface area contributed by atoms with Gasteiger partial charge in [0.25, 0.3) is 5.82 Å². The largest absolute Gasteiger partial charge is 0.452 e.